The molecule has 0 spiro atoms. The average Bonchev–Trinajstić information content (AvgIpc) is 2.71. The minimum atomic E-state index is -0.791. The van der Waals surface area contributed by atoms with Crippen LogP contribution in [0.25, 0.3) is 0 Å². The molecular formula is C10H12BrN4O4+. The number of hydrogen-bond donors (Lipinski definition) is 0. The SMILES string of the molecule is COC(=O)C[N+]1=C(Br)N=C2C1C(=O)N(C)C(=O)N2C. The van der Waals surface area contributed by atoms with E-state index in [0.29, 0.717) is 10.6 Å². The van der Waals surface area contributed by atoms with Crippen LogP contribution in [0.4, 0.5) is 4.79 Å². The molecule has 9 heteroatoms. The maximum absolute atomic E-state index is 12.2. The first kappa shape index (κ1) is 13.7. The lowest BCUT2D eigenvalue weighted by atomic mass is 10.1. The van der Waals surface area contributed by atoms with Crippen LogP contribution in [0, 0.1) is 0 Å². The molecule has 0 bridgehead atoms. The highest BCUT2D eigenvalue weighted by Crippen LogP contribution is 2.20. The van der Waals surface area contributed by atoms with Crippen LogP contribution in [-0.2, 0) is 14.3 Å². The van der Waals surface area contributed by atoms with Gasteiger partial charge in [-0.15, -0.1) is 0 Å². The molecule has 0 aromatic carbocycles. The van der Waals surface area contributed by atoms with Gasteiger partial charge in [-0.1, -0.05) is 0 Å². The fraction of sp³-hybridized carbons (Fsp3) is 0.500. The van der Waals surface area contributed by atoms with E-state index in [4.69, 9.17) is 0 Å². The Morgan fingerprint density at radius 2 is 2.05 bits per heavy atom. The zero-order valence-electron chi connectivity index (χ0n) is 10.6. The lowest BCUT2D eigenvalue weighted by Crippen LogP contribution is -2.61. The third-order valence-corrected chi connectivity index (χ3v) is 3.64. The molecule has 2 heterocycles. The molecule has 0 N–H and O–H groups in total. The van der Waals surface area contributed by atoms with Crippen molar-refractivity contribution < 1.29 is 23.7 Å². The van der Waals surface area contributed by atoms with Crippen molar-refractivity contribution in [2.24, 2.45) is 4.99 Å². The highest BCUT2D eigenvalue weighted by Gasteiger charge is 2.53. The fourth-order valence-corrected chi connectivity index (χ4v) is 2.44. The predicted octanol–water partition coefficient (Wildman–Crippen LogP) is -0.773. The fourth-order valence-electron chi connectivity index (χ4n) is 1.93. The number of halogens is 1. The third-order valence-electron chi connectivity index (χ3n) is 3.01. The lowest BCUT2D eigenvalue weighted by molar-refractivity contribution is -0.523. The molecule has 1 saturated heterocycles. The molecule has 19 heavy (non-hydrogen) atoms. The van der Waals surface area contributed by atoms with Crippen LogP contribution in [0.5, 0.6) is 0 Å². The van der Waals surface area contributed by atoms with Crippen molar-refractivity contribution in [1.29, 1.82) is 0 Å². The number of esters is 1. The van der Waals surface area contributed by atoms with Crippen molar-refractivity contribution in [3.63, 3.8) is 0 Å². The standard InChI is InChI=1S/C10H12BrN4O4/c1-13-7-6(8(17)14(2)10(13)18)15(9(11)12-7)4-5(16)19-3/h6H,4H2,1-3H3/q+1. The van der Waals surface area contributed by atoms with E-state index in [1.165, 1.54) is 30.7 Å². The number of aliphatic imine (C=N–C) groups is 1. The number of amidine groups is 2. The Morgan fingerprint density at radius 1 is 1.42 bits per heavy atom. The number of nitrogens with zero attached hydrogens (tertiary/aromatic N) is 4. The van der Waals surface area contributed by atoms with Gasteiger partial charge in [0.15, 0.2) is 6.54 Å². The third kappa shape index (κ3) is 2.03. The van der Waals surface area contributed by atoms with E-state index in [2.05, 4.69) is 25.7 Å². The zero-order chi connectivity index (χ0) is 14.3. The summed E-state index contributed by atoms with van der Waals surface area (Å²) < 4.78 is 6.35. The molecule has 2 aliphatic rings. The number of urea groups is 1. The van der Waals surface area contributed by atoms with Crippen molar-refractivity contribution in [2.75, 3.05) is 27.7 Å². The van der Waals surface area contributed by atoms with Gasteiger partial charge in [0.2, 0.25) is 0 Å². The van der Waals surface area contributed by atoms with E-state index in [9.17, 15) is 14.4 Å². The lowest BCUT2D eigenvalue weighted by Gasteiger charge is -2.30. The molecule has 1 fully saturated rings. The summed E-state index contributed by atoms with van der Waals surface area (Å²) in [6.45, 7) is -0.129. The summed E-state index contributed by atoms with van der Waals surface area (Å²) in [5, 5.41) is 0. The summed E-state index contributed by atoms with van der Waals surface area (Å²) in [6, 6.07) is -1.25. The van der Waals surface area contributed by atoms with Gasteiger partial charge in [0, 0.05) is 14.1 Å². The molecule has 0 saturated carbocycles. The number of likely N-dealkylation sites (N-methyl/N-ethyl adjacent to an activating group) is 2. The van der Waals surface area contributed by atoms with E-state index in [0.717, 1.165) is 4.90 Å². The summed E-state index contributed by atoms with van der Waals surface area (Å²) in [7, 11) is 4.18. The maximum atomic E-state index is 12.2. The summed E-state index contributed by atoms with van der Waals surface area (Å²) >= 11 is 3.19. The Balaban J connectivity index is 2.37. The molecule has 0 aromatic rings. The summed E-state index contributed by atoms with van der Waals surface area (Å²) in [6.07, 6.45) is 0. The molecule has 2 aliphatic heterocycles. The number of rotatable bonds is 2. The van der Waals surface area contributed by atoms with Gasteiger partial charge in [0.1, 0.15) is 0 Å². The van der Waals surface area contributed by atoms with Gasteiger partial charge in [-0.25, -0.2) is 14.2 Å². The number of carbonyl (C=O) groups is 3. The first-order valence-corrected chi connectivity index (χ1v) is 6.17. The van der Waals surface area contributed by atoms with E-state index >= 15 is 0 Å². The minimum absolute atomic E-state index is 0.129. The highest BCUT2D eigenvalue weighted by atomic mass is 79.9. The number of fused-ring (bicyclic) bond motifs is 1. The van der Waals surface area contributed by atoms with Gasteiger partial charge in [0.25, 0.3) is 17.8 Å². The number of hydrogen-bond acceptors (Lipinski definition) is 5. The average molecular weight is 332 g/mol. The van der Waals surface area contributed by atoms with E-state index in [1.807, 2.05) is 0 Å². The number of imide groups is 1. The van der Waals surface area contributed by atoms with Crippen LogP contribution >= 0.6 is 15.9 Å². The monoisotopic (exact) mass is 331 g/mol. The largest absolute Gasteiger partial charge is 0.466 e. The molecule has 8 nitrogen and oxygen atoms in total. The van der Waals surface area contributed by atoms with Crippen molar-refractivity contribution in [2.45, 2.75) is 6.04 Å². The van der Waals surface area contributed by atoms with Crippen LogP contribution < -0.4 is 0 Å². The normalized spacial score (nSPS) is 22.7. The quantitative estimate of drug-likeness (QED) is 0.378. The van der Waals surface area contributed by atoms with Crippen molar-refractivity contribution in [3.8, 4) is 0 Å². The second-order valence-electron chi connectivity index (χ2n) is 4.08. The molecule has 0 radical (unpaired) electrons. The number of methoxy groups -OCH3 is 1. The first-order chi connectivity index (χ1) is 8.88. The highest BCUT2D eigenvalue weighted by molar-refractivity contribution is 9.18. The molecule has 1 unspecified atom stereocenters. The van der Waals surface area contributed by atoms with Crippen LogP contribution in [0.15, 0.2) is 4.99 Å². The van der Waals surface area contributed by atoms with Crippen molar-refractivity contribution >= 4 is 44.4 Å². The zero-order valence-corrected chi connectivity index (χ0v) is 12.2. The summed E-state index contributed by atoms with van der Waals surface area (Å²) in [5.41, 5.74) is 0. The molecule has 102 valence electrons. The second kappa shape index (κ2) is 4.72. The number of carbonyl (C=O) groups excluding carboxylic acids is 3. The van der Waals surface area contributed by atoms with Crippen molar-refractivity contribution in [1.82, 2.24) is 9.80 Å². The summed E-state index contributed by atoms with van der Waals surface area (Å²) in [5.74, 6) is -0.632. The molecule has 1 atom stereocenters. The van der Waals surface area contributed by atoms with Gasteiger partial charge in [-0.05, 0) is 4.99 Å². The van der Waals surface area contributed by atoms with E-state index in [-0.39, 0.29) is 6.54 Å². The Bertz CT molecular complexity index is 542. The van der Waals surface area contributed by atoms with Crippen LogP contribution in [0.1, 0.15) is 0 Å². The van der Waals surface area contributed by atoms with E-state index < -0.39 is 23.9 Å². The van der Waals surface area contributed by atoms with Crippen LogP contribution in [0.3, 0.4) is 0 Å². The van der Waals surface area contributed by atoms with Crippen LogP contribution in [0.2, 0.25) is 0 Å². The Kier molecular flexibility index (Phi) is 3.40. The van der Waals surface area contributed by atoms with Gasteiger partial charge < -0.3 is 4.74 Å². The Labute approximate surface area is 117 Å². The van der Waals surface area contributed by atoms with Gasteiger partial charge in [-0.3, -0.25) is 14.6 Å². The minimum Gasteiger partial charge on any atom is -0.466 e. The number of ether oxygens (including phenoxy) is 1. The van der Waals surface area contributed by atoms with E-state index in [1.54, 1.807) is 0 Å². The maximum Gasteiger partial charge on any atom is 0.365 e. The summed E-state index contributed by atoms with van der Waals surface area (Å²) in [4.78, 5) is 41.7. The smallest absolute Gasteiger partial charge is 0.365 e. The molecule has 0 aliphatic carbocycles. The number of amides is 3. The molecular weight excluding hydrogens is 320 g/mol. The second-order valence-corrected chi connectivity index (χ2v) is 4.79. The molecule has 3 amide bonds. The first-order valence-electron chi connectivity index (χ1n) is 5.38. The Morgan fingerprint density at radius 3 is 2.63 bits per heavy atom. The molecule has 0 aromatic heterocycles. The predicted molar refractivity (Wildman–Crippen MR) is 68.2 cm³/mol. The van der Waals surface area contributed by atoms with Crippen molar-refractivity contribution in [3.05, 3.63) is 0 Å². The van der Waals surface area contributed by atoms with Gasteiger partial charge in [-0.2, -0.15) is 0 Å². The van der Waals surface area contributed by atoms with Gasteiger partial charge >= 0.3 is 16.7 Å². The van der Waals surface area contributed by atoms with Gasteiger partial charge in [0.05, 0.1) is 23.0 Å². The molecule has 2 rings (SSSR count). The Hall–Kier alpha value is -1.77. The van der Waals surface area contributed by atoms with Crippen LogP contribution in [-0.4, -0.2) is 76.7 Å². The topological polar surface area (TPSA) is 82.3 Å².